The molecule has 1 fully saturated rings. The summed E-state index contributed by atoms with van der Waals surface area (Å²) in [6.07, 6.45) is 13.1. The third kappa shape index (κ3) is 2.58. The van der Waals surface area contributed by atoms with Gasteiger partial charge >= 0.3 is 0 Å². The Hall–Kier alpha value is -2.34. The molecule has 0 amide bonds. The summed E-state index contributed by atoms with van der Waals surface area (Å²) < 4.78 is 5.94. The molecular weight excluding hydrogens is 236 g/mol. The van der Waals surface area contributed by atoms with Gasteiger partial charge in [-0.2, -0.15) is 0 Å². The van der Waals surface area contributed by atoms with Crippen molar-refractivity contribution >= 4 is 0 Å². The maximum Gasteiger partial charge on any atom is 0.142 e. The molecule has 94 valence electrons. The van der Waals surface area contributed by atoms with E-state index in [1.165, 1.54) is 19.2 Å². The van der Waals surface area contributed by atoms with E-state index in [9.17, 15) is 0 Å². The van der Waals surface area contributed by atoms with E-state index in [4.69, 9.17) is 11.2 Å². The number of terminal acetylenes is 1. The fourth-order valence-electron chi connectivity index (χ4n) is 1.96. The zero-order valence-electron chi connectivity index (χ0n) is 10.5. The Bertz CT molecular complexity index is 612. The molecule has 19 heavy (non-hydrogen) atoms. The van der Waals surface area contributed by atoms with Crippen LogP contribution in [-0.4, -0.2) is 16.6 Å². The minimum atomic E-state index is 0.686. The van der Waals surface area contributed by atoms with Crippen molar-refractivity contribution in [2.75, 3.05) is 6.61 Å². The number of nitrogens with zero attached hydrogens (tertiary/aromatic N) is 2. The Kier molecular flexibility index (Phi) is 3.16. The highest BCUT2D eigenvalue weighted by molar-refractivity contribution is 5.72. The summed E-state index contributed by atoms with van der Waals surface area (Å²) in [6, 6.07) is 5.82. The van der Waals surface area contributed by atoms with E-state index in [2.05, 4.69) is 15.9 Å². The summed E-state index contributed by atoms with van der Waals surface area (Å²) in [7, 11) is 0. The van der Waals surface area contributed by atoms with Crippen molar-refractivity contribution in [1.82, 2.24) is 9.97 Å². The number of hydrogen-bond acceptors (Lipinski definition) is 3. The van der Waals surface area contributed by atoms with Gasteiger partial charge in [-0.1, -0.05) is 18.1 Å². The molecule has 3 rings (SSSR count). The van der Waals surface area contributed by atoms with Crippen LogP contribution in [0.1, 0.15) is 18.4 Å². The van der Waals surface area contributed by atoms with E-state index in [1.54, 1.807) is 12.4 Å². The zero-order valence-corrected chi connectivity index (χ0v) is 10.5. The molecule has 0 aliphatic heterocycles. The number of hydrogen-bond donors (Lipinski definition) is 0. The Morgan fingerprint density at radius 3 is 2.74 bits per heavy atom. The van der Waals surface area contributed by atoms with Crippen molar-refractivity contribution in [3.8, 4) is 29.2 Å². The van der Waals surface area contributed by atoms with Gasteiger partial charge in [-0.25, -0.2) is 9.97 Å². The minimum absolute atomic E-state index is 0.686. The molecule has 3 heteroatoms. The van der Waals surface area contributed by atoms with Gasteiger partial charge in [0.25, 0.3) is 0 Å². The smallest absolute Gasteiger partial charge is 0.142 e. The van der Waals surface area contributed by atoms with Gasteiger partial charge in [-0.15, -0.1) is 6.42 Å². The Morgan fingerprint density at radius 2 is 2.05 bits per heavy atom. The molecule has 1 aliphatic rings. The summed E-state index contributed by atoms with van der Waals surface area (Å²) >= 11 is 0. The lowest BCUT2D eigenvalue weighted by Crippen LogP contribution is -2.02. The lowest BCUT2D eigenvalue weighted by atomic mass is 10.0. The van der Waals surface area contributed by atoms with E-state index >= 15 is 0 Å². The van der Waals surface area contributed by atoms with E-state index < -0.39 is 0 Å². The molecule has 0 unspecified atom stereocenters. The summed E-state index contributed by atoms with van der Waals surface area (Å²) in [5.74, 6) is 4.14. The van der Waals surface area contributed by atoms with Crippen molar-refractivity contribution < 1.29 is 4.74 Å². The first-order valence-electron chi connectivity index (χ1n) is 6.36. The van der Waals surface area contributed by atoms with E-state index in [0.29, 0.717) is 5.92 Å². The SMILES string of the molecule is C#Cc1cccc(-c2cncnc2)c1OCC1CC1. The molecule has 1 aliphatic carbocycles. The zero-order chi connectivity index (χ0) is 13.1. The second-order valence-corrected chi connectivity index (χ2v) is 4.71. The topological polar surface area (TPSA) is 35.0 Å². The molecule has 0 bridgehead atoms. The fraction of sp³-hybridized carbons (Fsp3) is 0.250. The number of aromatic nitrogens is 2. The lowest BCUT2D eigenvalue weighted by Gasteiger charge is -2.13. The fourth-order valence-corrected chi connectivity index (χ4v) is 1.96. The molecular formula is C16H14N2O. The maximum absolute atomic E-state index is 5.94. The van der Waals surface area contributed by atoms with Crippen LogP contribution in [0.25, 0.3) is 11.1 Å². The van der Waals surface area contributed by atoms with Crippen LogP contribution in [0, 0.1) is 18.3 Å². The number of para-hydroxylation sites is 1. The van der Waals surface area contributed by atoms with Gasteiger partial charge in [-0.3, -0.25) is 0 Å². The van der Waals surface area contributed by atoms with Gasteiger partial charge in [0.2, 0.25) is 0 Å². The number of ether oxygens (including phenoxy) is 1. The monoisotopic (exact) mass is 250 g/mol. The summed E-state index contributed by atoms with van der Waals surface area (Å²) in [5, 5.41) is 0. The first kappa shape index (κ1) is 11.7. The van der Waals surface area contributed by atoms with Gasteiger partial charge in [-0.05, 0) is 24.8 Å². The largest absolute Gasteiger partial charge is 0.491 e. The third-order valence-electron chi connectivity index (χ3n) is 3.20. The molecule has 1 heterocycles. The van der Waals surface area contributed by atoms with Crippen molar-refractivity contribution in [1.29, 1.82) is 0 Å². The first-order valence-corrected chi connectivity index (χ1v) is 6.36. The summed E-state index contributed by atoms with van der Waals surface area (Å²) in [6.45, 7) is 0.736. The standard InChI is InChI=1S/C16H14N2O/c1-2-13-4-3-5-15(14-8-17-11-18-9-14)16(13)19-10-12-6-7-12/h1,3-5,8-9,11-12H,6-7,10H2. The van der Waals surface area contributed by atoms with Crippen LogP contribution >= 0.6 is 0 Å². The highest BCUT2D eigenvalue weighted by atomic mass is 16.5. The van der Waals surface area contributed by atoms with Crippen LogP contribution in [0.3, 0.4) is 0 Å². The average Bonchev–Trinajstić information content (AvgIpc) is 3.30. The number of rotatable bonds is 4. The molecule has 0 spiro atoms. The van der Waals surface area contributed by atoms with E-state index in [1.807, 2.05) is 18.2 Å². The van der Waals surface area contributed by atoms with Crippen LogP contribution in [0.4, 0.5) is 0 Å². The molecule has 0 atom stereocenters. The summed E-state index contributed by atoms with van der Waals surface area (Å²) in [4.78, 5) is 8.09. The Morgan fingerprint density at radius 1 is 1.26 bits per heavy atom. The Balaban J connectivity index is 2.00. The Labute approximate surface area is 112 Å². The van der Waals surface area contributed by atoms with Crippen molar-refractivity contribution in [3.63, 3.8) is 0 Å². The van der Waals surface area contributed by atoms with Gasteiger partial charge < -0.3 is 4.74 Å². The number of benzene rings is 1. The molecule has 0 radical (unpaired) electrons. The molecule has 1 saturated carbocycles. The van der Waals surface area contributed by atoms with Gasteiger partial charge in [0.05, 0.1) is 12.2 Å². The first-order chi connectivity index (χ1) is 9.38. The van der Waals surface area contributed by atoms with Gasteiger partial charge in [0.15, 0.2) is 0 Å². The van der Waals surface area contributed by atoms with Crippen LogP contribution in [0.5, 0.6) is 5.75 Å². The average molecular weight is 250 g/mol. The molecule has 0 saturated heterocycles. The van der Waals surface area contributed by atoms with Crippen molar-refractivity contribution in [3.05, 3.63) is 42.5 Å². The summed E-state index contributed by atoms with van der Waals surface area (Å²) in [5.41, 5.74) is 2.66. The lowest BCUT2D eigenvalue weighted by molar-refractivity contribution is 0.300. The van der Waals surface area contributed by atoms with E-state index in [0.717, 1.165) is 29.0 Å². The maximum atomic E-state index is 5.94. The molecule has 2 aromatic rings. The second-order valence-electron chi connectivity index (χ2n) is 4.71. The second kappa shape index (κ2) is 5.11. The van der Waals surface area contributed by atoms with Crippen LogP contribution in [0.2, 0.25) is 0 Å². The van der Waals surface area contributed by atoms with Crippen molar-refractivity contribution in [2.24, 2.45) is 5.92 Å². The molecule has 0 N–H and O–H groups in total. The minimum Gasteiger partial charge on any atom is -0.491 e. The quantitative estimate of drug-likeness (QED) is 0.783. The van der Waals surface area contributed by atoms with Gasteiger partial charge in [0, 0.05) is 23.5 Å². The van der Waals surface area contributed by atoms with Crippen molar-refractivity contribution in [2.45, 2.75) is 12.8 Å². The normalized spacial score (nSPS) is 13.8. The van der Waals surface area contributed by atoms with Crippen LogP contribution in [-0.2, 0) is 0 Å². The molecule has 3 nitrogen and oxygen atoms in total. The van der Waals surface area contributed by atoms with Crippen LogP contribution in [0.15, 0.2) is 36.9 Å². The molecule has 1 aromatic carbocycles. The third-order valence-corrected chi connectivity index (χ3v) is 3.20. The van der Waals surface area contributed by atoms with Gasteiger partial charge in [0.1, 0.15) is 12.1 Å². The highest BCUT2D eigenvalue weighted by Crippen LogP contribution is 2.35. The van der Waals surface area contributed by atoms with Crippen LogP contribution < -0.4 is 4.74 Å². The highest BCUT2D eigenvalue weighted by Gasteiger charge is 2.23. The van der Waals surface area contributed by atoms with E-state index in [-0.39, 0.29) is 0 Å². The predicted molar refractivity (Wildman–Crippen MR) is 73.6 cm³/mol. The molecule has 1 aromatic heterocycles. The predicted octanol–water partition coefficient (Wildman–Crippen LogP) is 2.91.